The molecule has 4 heteroatoms. The Kier molecular flexibility index (Phi) is 13.0. The van der Waals surface area contributed by atoms with E-state index in [9.17, 15) is 5.26 Å². The fraction of sp³-hybridized carbons (Fsp3) is 0.0455. The van der Waals surface area contributed by atoms with E-state index >= 15 is 0 Å². The summed E-state index contributed by atoms with van der Waals surface area (Å²) in [6, 6.07) is 32.0. The quantitative estimate of drug-likeness (QED) is 0.283. The van der Waals surface area contributed by atoms with Gasteiger partial charge in [-0.3, -0.25) is 0 Å². The van der Waals surface area contributed by atoms with Crippen molar-refractivity contribution in [3.05, 3.63) is 102 Å². The van der Waals surface area contributed by atoms with Crippen LogP contribution in [-0.4, -0.2) is 30.2 Å². The van der Waals surface area contributed by atoms with Crippen LogP contribution in [0.25, 0.3) is 11.6 Å². The summed E-state index contributed by atoms with van der Waals surface area (Å²) in [6.45, 7) is 0. The first-order valence-corrected chi connectivity index (χ1v) is 7.56. The molecular formula is C22H18BrMgNO. The van der Waals surface area contributed by atoms with Crippen LogP contribution in [0.2, 0.25) is 0 Å². The van der Waals surface area contributed by atoms with E-state index in [1.807, 2.05) is 91.0 Å². The molecular weight excluding hydrogens is 398 g/mol. The number of halogens is 1. The van der Waals surface area contributed by atoms with Gasteiger partial charge >= 0.3 is 23.1 Å². The van der Waals surface area contributed by atoms with Gasteiger partial charge in [-0.1, -0.05) is 42.5 Å². The van der Waals surface area contributed by atoms with Crippen LogP contribution in [0.15, 0.2) is 84.9 Å². The van der Waals surface area contributed by atoms with Gasteiger partial charge in [-0.15, -0.1) is 0 Å². The zero-order chi connectivity index (χ0) is 17.0. The van der Waals surface area contributed by atoms with E-state index in [0.29, 0.717) is 5.57 Å². The second kappa shape index (κ2) is 14.1. The van der Waals surface area contributed by atoms with Gasteiger partial charge in [0.05, 0.1) is 18.8 Å². The molecule has 0 saturated carbocycles. The topological polar surface area (TPSA) is 33.0 Å². The first kappa shape index (κ1) is 23.9. The van der Waals surface area contributed by atoms with Gasteiger partial charge < -0.3 is 21.7 Å². The molecule has 2 nitrogen and oxygen atoms in total. The van der Waals surface area contributed by atoms with Crippen molar-refractivity contribution in [3.8, 4) is 11.8 Å². The normalized spacial score (nSPS) is 9.31. The van der Waals surface area contributed by atoms with Crippen LogP contribution in [-0.2, 0) is 0 Å². The summed E-state index contributed by atoms with van der Waals surface area (Å²) in [5.74, 6) is 0.811. The van der Waals surface area contributed by atoms with E-state index in [1.54, 1.807) is 7.11 Å². The average Bonchev–Trinajstić information content (AvgIpc) is 2.69. The van der Waals surface area contributed by atoms with E-state index in [1.165, 1.54) is 0 Å². The van der Waals surface area contributed by atoms with Crippen molar-refractivity contribution in [3.63, 3.8) is 0 Å². The zero-order valence-corrected chi connectivity index (χ0v) is 17.6. The van der Waals surface area contributed by atoms with Gasteiger partial charge in [-0.25, -0.2) is 0 Å². The molecule has 0 saturated heterocycles. The molecule has 0 aliphatic rings. The van der Waals surface area contributed by atoms with Crippen LogP contribution in [0, 0.1) is 17.4 Å². The summed E-state index contributed by atoms with van der Waals surface area (Å²) in [5.41, 5.74) is 2.56. The third-order valence-corrected chi connectivity index (χ3v) is 3.24. The number of rotatable bonds is 3. The van der Waals surface area contributed by atoms with Gasteiger partial charge in [-0.2, -0.15) is 41.7 Å². The second-order valence-electron chi connectivity index (χ2n) is 4.89. The van der Waals surface area contributed by atoms with Gasteiger partial charge in [0.25, 0.3) is 0 Å². The molecule has 3 aromatic carbocycles. The maximum Gasteiger partial charge on any atom is 2.00 e. The third-order valence-electron chi connectivity index (χ3n) is 3.24. The molecule has 0 unspecified atom stereocenters. The van der Waals surface area contributed by atoms with E-state index < -0.39 is 0 Å². The molecule has 126 valence electrons. The van der Waals surface area contributed by atoms with Crippen LogP contribution < -0.4 is 21.7 Å². The van der Waals surface area contributed by atoms with Crippen molar-refractivity contribution in [2.75, 3.05) is 7.11 Å². The first-order valence-electron chi connectivity index (χ1n) is 7.56. The SMILES string of the molecule is COc1ccc(/C=C(/C#N)c2ccccc2)cc1.[Br-].[Mg+2].[c-]1ccccc1. The standard InChI is InChI=1S/C16H13NO.C6H5.BrH.Mg/c1-18-16-9-7-13(8-10-16)11-15(12-17)14-5-3-2-4-6-14;1-2-4-6-5-3-1;;/h2-11H,1H3;1-5H;1H;/q;-1;;+2/p-1/b15-11-;;;. The zero-order valence-electron chi connectivity index (χ0n) is 14.6. The number of methoxy groups -OCH3 is 1. The minimum absolute atomic E-state index is 0. The third kappa shape index (κ3) is 8.35. The smallest absolute Gasteiger partial charge is 1.00 e. The Bertz CT molecular complexity index is 770. The molecule has 0 fully saturated rings. The van der Waals surface area contributed by atoms with Gasteiger partial charge in [0.2, 0.25) is 0 Å². The molecule has 0 atom stereocenters. The fourth-order valence-electron chi connectivity index (χ4n) is 2.01. The molecule has 3 aromatic rings. The predicted octanol–water partition coefficient (Wildman–Crippen LogP) is 1.87. The molecule has 0 aromatic heterocycles. The molecule has 0 aliphatic carbocycles. The summed E-state index contributed by atoms with van der Waals surface area (Å²) in [5, 5.41) is 9.20. The largest absolute Gasteiger partial charge is 2.00 e. The average molecular weight is 417 g/mol. The second-order valence-corrected chi connectivity index (χ2v) is 4.89. The number of allylic oxidation sites excluding steroid dienone is 1. The molecule has 0 amide bonds. The van der Waals surface area contributed by atoms with Crippen molar-refractivity contribution >= 4 is 34.7 Å². The minimum atomic E-state index is 0. The Morgan fingerprint density at radius 2 is 1.50 bits per heavy atom. The van der Waals surface area contributed by atoms with E-state index in [4.69, 9.17) is 4.74 Å². The number of nitrogens with zero attached hydrogens (tertiary/aromatic N) is 1. The molecule has 0 N–H and O–H groups in total. The van der Waals surface area contributed by atoms with E-state index in [-0.39, 0.29) is 40.0 Å². The van der Waals surface area contributed by atoms with Gasteiger partial charge in [0.15, 0.2) is 0 Å². The fourth-order valence-corrected chi connectivity index (χ4v) is 2.01. The number of ether oxygens (including phenoxy) is 1. The number of hydrogen-bond donors (Lipinski definition) is 0. The molecule has 0 bridgehead atoms. The Morgan fingerprint density at radius 1 is 0.923 bits per heavy atom. The molecule has 0 aliphatic heterocycles. The van der Waals surface area contributed by atoms with Crippen molar-refractivity contribution in [1.29, 1.82) is 5.26 Å². The van der Waals surface area contributed by atoms with Crippen molar-refractivity contribution in [2.24, 2.45) is 0 Å². The number of benzene rings is 3. The summed E-state index contributed by atoms with van der Waals surface area (Å²) in [4.78, 5) is 0. The summed E-state index contributed by atoms with van der Waals surface area (Å²) < 4.78 is 5.10. The Morgan fingerprint density at radius 3 is 1.92 bits per heavy atom. The van der Waals surface area contributed by atoms with Crippen LogP contribution in [0.4, 0.5) is 0 Å². The van der Waals surface area contributed by atoms with Gasteiger partial charge in [0, 0.05) is 0 Å². The maximum atomic E-state index is 9.20. The van der Waals surface area contributed by atoms with Crippen LogP contribution in [0.5, 0.6) is 5.75 Å². The first-order chi connectivity index (χ1) is 11.8. The van der Waals surface area contributed by atoms with E-state index in [0.717, 1.165) is 16.9 Å². The van der Waals surface area contributed by atoms with Crippen molar-refractivity contribution < 1.29 is 21.7 Å². The number of nitriles is 1. The Labute approximate surface area is 182 Å². The molecule has 0 heterocycles. The minimum Gasteiger partial charge on any atom is -1.00 e. The van der Waals surface area contributed by atoms with Crippen molar-refractivity contribution in [2.45, 2.75) is 0 Å². The van der Waals surface area contributed by atoms with Gasteiger partial charge in [-0.05, 0) is 29.3 Å². The summed E-state index contributed by atoms with van der Waals surface area (Å²) >= 11 is 0. The molecule has 0 radical (unpaired) electrons. The number of hydrogen-bond acceptors (Lipinski definition) is 2. The van der Waals surface area contributed by atoms with Crippen LogP contribution in [0.1, 0.15) is 11.1 Å². The summed E-state index contributed by atoms with van der Waals surface area (Å²) in [6.07, 6.45) is 1.87. The van der Waals surface area contributed by atoms with Crippen molar-refractivity contribution in [1.82, 2.24) is 0 Å². The molecule has 0 spiro atoms. The monoisotopic (exact) mass is 415 g/mol. The Balaban J connectivity index is 0.000000669. The molecule has 26 heavy (non-hydrogen) atoms. The van der Waals surface area contributed by atoms with Crippen LogP contribution in [0.3, 0.4) is 0 Å². The predicted molar refractivity (Wildman–Crippen MR) is 104 cm³/mol. The Hall–Kier alpha value is -2.06. The maximum absolute atomic E-state index is 9.20. The van der Waals surface area contributed by atoms with E-state index in [2.05, 4.69) is 12.1 Å². The van der Waals surface area contributed by atoms with Gasteiger partial charge in [0.1, 0.15) is 5.75 Å². The molecule has 3 rings (SSSR count). The summed E-state index contributed by atoms with van der Waals surface area (Å²) in [7, 11) is 1.63. The van der Waals surface area contributed by atoms with Crippen LogP contribution >= 0.6 is 0 Å².